The van der Waals surface area contributed by atoms with E-state index in [-0.39, 0.29) is 0 Å². The van der Waals surface area contributed by atoms with Crippen LogP contribution < -0.4 is 5.32 Å². The Morgan fingerprint density at radius 1 is 1.50 bits per heavy atom. The summed E-state index contributed by atoms with van der Waals surface area (Å²) in [5, 5.41) is 15.0. The van der Waals surface area contributed by atoms with E-state index in [1.807, 2.05) is 4.68 Å². The molecule has 0 aromatic carbocycles. The summed E-state index contributed by atoms with van der Waals surface area (Å²) in [5.41, 5.74) is 0. The summed E-state index contributed by atoms with van der Waals surface area (Å²) in [6.45, 7) is 6.50. The van der Waals surface area contributed by atoms with Gasteiger partial charge in [-0.1, -0.05) is 13.3 Å². The number of rotatable bonds is 8. The molecule has 0 saturated carbocycles. The van der Waals surface area contributed by atoms with Gasteiger partial charge in [-0.25, -0.2) is 4.68 Å². The van der Waals surface area contributed by atoms with Crippen LogP contribution in [0.15, 0.2) is 0 Å². The third kappa shape index (κ3) is 3.86. The number of hydrogen-bond acceptors (Lipinski definition) is 5. The Kier molecular flexibility index (Phi) is 5.95. The highest BCUT2D eigenvalue weighted by atomic mass is 16.5. The summed E-state index contributed by atoms with van der Waals surface area (Å²) in [5.74, 6) is 0.886. The van der Waals surface area contributed by atoms with Gasteiger partial charge in [-0.15, -0.1) is 5.10 Å². The molecule has 1 aromatic heterocycles. The summed E-state index contributed by atoms with van der Waals surface area (Å²) >= 11 is 0. The fourth-order valence-electron chi connectivity index (χ4n) is 1.59. The van der Waals surface area contributed by atoms with Gasteiger partial charge in [0.2, 0.25) is 0 Å². The van der Waals surface area contributed by atoms with E-state index >= 15 is 0 Å². The molecular weight excluding hydrogens is 206 g/mol. The lowest BCUT2D eigenvalue weighted by molar-refractivity contribution is 0.198. The third-order valence-corrected chi connectivity index (χ3v) is 2.45. The standard InChI is InChI=1S/C10H21N5O/c1-4-5-9(2)15-10(12-13-14-15)8-11-6-7-16-3/h9,11H,4-8H2,1-3H3. The largest absolute Gasteiger partial charge is 0.383 e. The monoisotopic (exact) mass is 227 g/mol. The van der Waals surface area contributed by atoms with Gasteiger partial charge in [-0.2, -0.15) is 0 Å². The van der Waals surface area contributed by atoms with Gasteiger partial charge in [0, 0.05) is 13.7 Å². The molecule has 0 radical (unpaired) electrons. The maximum atomic E-state index is 4.96. The minimum atomic E-state index is 0.360. The lowest BCUT2D eigenvalue weighted by atomic mass is 10.2. The third-order valence-electron chi connectivity index (χ3n) is 2.45. The zero-order valence-corrected chi connectivity index (χ0v) is 10.3. The second kappa shape index (κ2) is 7.29. The first-order valence-electron chi connectivity index (χ1n) is 5.76. The SMILES string of the molecule is CCCC(C)n1nnnc1CNCCOC. The van der Waals surface area contributed by atoms with Gasteiger partial charge >= 0.3 is 0 Å². The Morgan fingerprint density at radius 2 is 2.31 bits per heavy atom. The van der Waals surface area contributed by atoms with E-state index in [1.165, 1.54) is 0 Å². The highest BCUT2D eigenvalue weighted by Crippen LogP contribution is 2.11. The summed E-state index contributed by atoms with van der Waals surface area (Å²) in [6.07, 6.45) is 2.23. The van der Waals surface area contributed by atoms with E-state index in [0.29, 0.717) is 19.2 Å². The van der Waals surface area contributed by atoms with Crippen LogP contribution >= 0.6 is 0 Å². The number of tetrazole rings is 1. The Morgan fingerprint density at radius 3 is 3.00 bits per heavy atom. The number of nitrogens with zero attached hydrogens (tertiary/aromatic N) is 4. The van der Waals surface area contributed by atoms with Crippen LogP contribution in [0.5, 0.6) is 0 Å². The molecule has 1 heterocycles. The van der Waals surface area contributed by atoms with Gasteiger partial charge in [0.15, 0.2) is 5.82 Å². The van der Waals surface area contributed by atoms with Crippen LogP contribution in [0.4, 0.5) is 0 Å². The number of ether oxygens (including phenoxy) is 1. The van der Waals surface area contributed by atoms with Crippen molar-refractivity contribution in [3.05, 3.63) is 5.82 Å². The summed E-state index contributed by atoms with van der Waals surface area (Å²) in [4.78, 5) is 0. The Labute approximate surface area is 96.4 Å². The molecule has 0 bridgehead atoms. The van der Waals surface area contributed by atoms with Crippen LogP contribution in [-0.2, 0) is 11.3 Å². The average Bonchev–Trinajstić information content (AvgIpc) is 2.73. The van der Waals surface area contributed by atoms with Crippen LogP contribution in [0.25, 0.3) is 0 Å². The summed E-state index contributed by atoms with van der Waals surface area (Å²) < 4.78 is 6.85. The van der Waals surface area contributed by atoms with Crippen molar-refractivity contribution in [2.24, 2.45) is 0 Å². The fraction of sp³-hybridized carbons (Fsp3) is 0.900. The van der Waals surface area contributed by atoms with E-state index < -0.39 is 0 Å². The van der Waals surface area contributed by atoms with Crippen LogP contribution in [0, 0.1) is 0 Å². The van der Waals surface area contributed by atoms with Gasteiger partial charge in [0.25, 0.3) is 0 Å². The van der Waals surface area contributed by atoms with Crippen LogP contribution in [0.1, 0.15) is 38.6 Å². The molecule has 1 atom stereocenters. The zero-order chi connectivity index (χ0) is 11.8. The number of aromatic nitrogens is 4. The highest BCUT2D eigenvalue weighted by molar-refractivity contribution is 4.82. The molecule has 1 rings (SSSR count). The van der Waals surface area contributed by atoms with Gasteiger partial charge in [-0.05, 0) is 23.8 Å². The molecule has 6 nitrogen and oxygen atoms in total. The van der Waals surface area contributed by atoms with Crippen molar-refractivity contribution in [3.8, 4) is 0 Å². The molecule has 0 aliphatic carbocycles. The smallest absolute Gasteiger partial charge is 0.165 e. The molecular formula is C10H21N5O. The maximum absolute atomic E-state index is 4.96. The van der Waals surface area contributed by atoms with Crippen molar-refractivity contribution in [3.63, 3.8) is 0 Å². The Bertz CT molecular complexity index is 288. The molecule has 1 unspecified atom stereocenters. The van der Waals surface area contributed by atoms with Crippen molar-refractivity contribution in [1.82, 2.24) is 25.5 Å². The summed E-state index contributed by atoms with van der Waals surface area (Å²) in [6, 6.07) is 0.360. The highest BCUT2D eigenvalue weighted by Gasteiger charge is 2.11. The van der Waals surface area contributed by atoms with E-state index in [9.17, 15) is 0 Å². The van der Waals surface area contributed by atoms with Crippen molar-refractivity contribution in [2.75, 3.05) is 20.3 Å². The van der Waals surface area contributed by atoms with E-state index in [4.69, 9.17) is 4.74 Å². The normalized spacial score (nSPS) is 12.9. The number of hydrogen-bond donors (Lipinski definition) is 1. The van der Waals surface area contributed by atoms with Gasteiger partial charge < -0.3 is 10.1 Å². The molecule has 1 aromatic rings. The molecule has 6 heteroatoms. The molecule has 0 fully saturated rings. The van der Waals surface area contributed by atoms with Crippen molar-refractivity contribution in [1.29, 1.82) is 0 Å². The predicted octanol–water partition coefficient (Wildman–Crippen LogP) is 0.770. The van der Waals surface area contributed by atoms with Crippen molar-refractivity contribution in [2.45, 2.75) is 39.3 Å². The van der Waals surface area contributed by atoms with Crippen molar-refractivity contribution < 1.29 is 4.74 Å². The molecule has 0 saturated heterocycles. The quantitative estimate of drug-likeness (QED) is 0.665. The van der Waals surface area contributed by atoms with Crippen molar-refractivity contribution >= 4 is 0 Å². The van der Waals surface area contributed by atoms with Gasteiger partial charge in [0.1, 0.15) is 0 Å². The van der Waals surface area contributed by atoms with E-state index in [0.717, 1.165) is 25.2 Å². The Balaban J connectivity index is 2.43. The number of nitrogens with one attached hydrogen (secondary N) is 1. The molecule has 1 N–H and O–H groups in total. The molecule has 0 spiro atoms. The predicted molar refractivity (Wildman–Crippen MR) is 61.0 cm³/mol. The Hall–Kier alpha value is -1.01. The minimum absolute atomic E-state index is 0.360. The van der Waals surface area contributed by atoms with Crippen LogP contribution in [0.3, 0.4) is 0 Å². The summed E-state index contributed by atoms with van der Waals surface area (Å²) in [7, 11) is 1.69. The van der Waals surface area contributed by atoms with Crippen LogP contribution in [-0.4, -0.2) is 40.5 Å². The molecule has 0 amide bonds. The first-order valence-corrected chi connectivity index (χ1v) is 5.76. The van der Waals surface area contributed by atoms with E-state index in [1.54, 1.807) is 7.11 Å². The molecule has 16 heavy (non-hydrogen) atoms. The topological polar surface area (TPSA) is 64.9 Å². The second-order valence-electron chi connectivity index (χ2n) is 3.85. The average molecular weight is 227 g/mol. The number of methoxy groups -OCH3 is 1. The first kappa shape index (κ1) is 13.1. The second-order valence-corrected chi connectivity index (χ2v) is 3.85. The zero-order valence-electron chi connectivity index (χ0n) is 10.3. The van der Waals surface area contributed by atoms with Gasteiger partial charge in [0.05, 0.1) is 19.2 Å². The molecule has 92 valence electrons. The van der Waals surface area contributed by atoms with Crippen LogP contribution in [0.2, 0.25) is 0 Å². The first-order chi connectivity index (χ1) is 7.79. The lowest BCUT2D eigenvalue weighted by Gasteiger charge is -2.12. The molecule has 0 aliphatic rings. The fourth-order valence-corrected chi connectivity index (χ4v) is 1.59. The lowest BCUT2D eigenvalue weighted by Crippen LogP contribution is -2.22. The van der Waals surface area contributed by atoms with Gasteiger partial charge in [-0.3, -0.25) is 0 Å². The van der Waals surface area contributed by atoms with E-state index in [2.05, 4.69) is 34.7 Å². The minimum Gasteiger partial charge on any atom is -0.383 e. The maximum Gasteiger partial charge on any atom is 0.165 e. The molecule has 0 aliphatic heterocycles.